The maximum Gasteiger partial charge on any atom is 0.199 e. The molecular weight excluding hydrogens is 245 g/mol. The van der Waals surface area contributed by atoms with E-state index in [9.17, 15) is 0 Å². The molecule has 0 aliphatic carbocycles. The van der Waals surface area contributed by atoms with Crippen molar-refractivity contribution in [3.63, 3.8) is 0 Å². The van der Waals surface area contributed by atoms with Gasteiger partial charge in [0.25, 0.3) is 0 Å². The van der Waals surface area contributed by atoms with Gasteiger partial charge < -0.3 is 9.47 Å². The van der Waals surface area contributed by atoms with Gasteiger partial charge in [-0.1, -0.05) is 11.6 Å². The molecule has 66 valence electrons. The van der Waals surface area contributed by atoms with Crippen LogP contribution in [0, 0.1) is 0 Å². The molecule has 0 aliphatic rings. The highest BCUT2D eigenvalue weighted by Crippen LogP contribution is 2.38. The Bertz CT molecular complexity index is 264. The summed E-state index contributed by atoms with van der Waals surface area (Å²) in [6, 6.07) is 0. The van der Waals surface area contributed by atoms with Crippen molar-refractivity contribution in [2.75, 3.05) is 14.2 Å². The maximum absolute atomic E-state index is 5.74. The van der Waals surface area contributed by atoms with Gasteiger partial charge in [-0.3, -0.25) is 0 Å². The van der Waals surface area contributed by atoms with E-state index in [1.165, 1.54) is 7.11 Å². The molecule has 1 rings (SSSR count). The van der Waals surface area contributed by atoms with Crippen LogP contribution in [0.15, 0.2) is 10.7 Å². The number of pyridine rings is 1. The van der Waals surface area contributed by atoms with Gasteiger partial charge in [0.05, 0.1) is 18.7 Å². The number of methoxy groups -OCH3 is 2. The highest BCUT2D eigenvalue weighted by Gasteiger charge is 2.12. The highest BCUT2D eigenvalue weighted by molar-refractivity contribution is 9.10. The van der Waals surface area contributed by atoms with Crippen molar-refractivity contribution in [3.05, 3.63) is 15.8 Å². The SMILES string of the molecule is COc1c(Br)cnc(Cl)c1OC. The van der Waals surface area contributed by atoms with E-state index in [1.807, 2.05) is 0 Å². The molecule has 0 N–H and O–H groups in total. The van der Waals surface area contributed by atoms with Crippen molar-refractivity contribution in [2.24, 2.45) is 0 Å². The van der Waals surface area contributed by atoms with E-state index in [-0.39, 0.29) is 5.15 Å². The number of ether oxygens (including phenoxy) is 2. The summed E-state index contributed by atoms with van der Waals surface area (Å²) in [6.45, 7) is 0. The molecule has 5 heteroatoms. The molecule has 0 saturated heterocycles. The molecule has 0 radical (unpaired) electrons. The molecule has 3 nitrogen and oxygen atoms in total. The predicted molar refractivity (Wildman–Crippen MR) is 50.1 cm³/mol. The van der Waals surface area contributed by atoms with Gasteiger partial charge >= 0.3 is 0 Å². The average Bonchev–Trinajstić information content (AvgIpc) is 2.08. The number of hydrogen-bond acceptors (Lipinski definition) is 3. The second-order valence-electron chi connectivity index (χ2n) is 1.96. The molecule has 0 aliphatic heterocycles. The molecule has 1 aromatic heterocycles. The van der Waals surface area contributed by atoms with Gasteiger partial charge in [-0.2, -0.15) is 0 Å². The van der Waals surface area contributed by atoms with Crippen molar-refractivity contribution < 1.29 is 9.47 Å². The number of nitrogens with zero attached hydrogens (tertiary/aromatic N) is 1. The lowest BCUT2D eigenvalue weighted by atomic mass is 10.4. The molecule has 0 saturated carbocycles. The van der Waals surface area contributed by atoms with Gasteiger partial charge in [0, 0.05) is 6.20 Å². The van der Waals surface area contributed by atoms with E-state index in [4.69, 9.17) is 21.1 Å². The summed E-state index contributed by atoms with van der Waals surface area (Å²) in [4.78, 5) is 3.87. The summed E-state index contributed by atoms with van der Waals surface area (Å²) in [6.07, 6.45) is 1.56. The maximum atomic E-state index is 5.74. The zero-order valence-electron chi connectivity index (χ0n) is 6.60. The second kappa shape index (κ2) is 3.96. The molecule has 0 spiro atoms. The minimum absolute atomic E-state index is 0.289. The fourth-order valence-electron chi connectivity index (χ4n) is 0.800. The van der Waals surface area contributed by atoms with Crippen LogP contribution in [0.4, 0.5) is 0 Å². The van der Waals surface area contributed by atoms with Gasteiger partial charge in [-0.25, -0.2) is 4.98 Å². The van der Waals surface area contributed by atoms with E-state index in [0.717, 1.165) is 0 Å². The summed E-state index contributed by atoms with van der Waals surface area (Å²) < 4.78 is 10.8. The van der Waals surface area contributed by atoms with E-state index in [2.05, 4.69) is 20.9 Å². The first-order chi connectivity index (χ1) is 5.70. The summed E-state index contributed by atoms with van der Waals surface area (Å²) in [5.41, 5.74) is 0. The van der Waals surface area contributed by atoms with Crippen LogP contribution in [0.25, 0.3) is 0 Å². The van der Waals surface area contributed by atoms with Crippen LogP contribution in [0.5, 0.6) is 11.5 Å². The van der Waals surface area contributed by atoms with Crippen LogP contribution in [-0.2, 0) is 0 Å². The minimum Gasteiger partial charge on any atom is -0.492 e. The number of halogens is 2. The molecule has 1 aromatic rings. The van der Waals surface area contributed by atoms with Crippen molar-refractivity contribution in [3.8, 4) is 11.5 Å². The molecule has 12 heavy (non-hydrogen) atoms. The summed E-state index contributed by atoms with van der Waals surface area (Å²) in [5.74, 6) is 0.992. The van der Waals surface area contributed by atoms with Crippen LogP contribution in [0.2, 0.25) is 5.15 Å². The van der Waals surface area contributed by atoms with Crippen molar-refractivity contribution >= 4 is 27.5 Å². The Morgan fingerprint density at radius 2 is 1.92 bits per heavy atom. The Balaban J connectivity index is 3.28. The molecule has 1 heterocycles. The van der Waals surface area contributed by atoms with Gasteiger partial charge in [0.2, 0.25) is 0 Å². The van der Waals surface area contributed by atoms with Crippen LogP contribution in [-0.4, -0.2) is 19.2 Å². The Kier molecular flexibility index (Phi) is 3.17. The van der Waals surface area contributed by atoms with Crippen LogP contribution < -0.4 is 9.47 Å². The van der Waals surface area contributed by atoms with E-state index in [1.54, 1.807) is 13.3 Å². The molecular formula is C7H7BrClNO2. The quantitative estimate of drug-likeness (QED) is 0.758. The third-order valence-electron chi connectivity index (χ3n) is 1.31. The van der Waals surface area contributed by atoms with E-state index in [0.29, 0.717) is 16.0 Å². The normalized spacial score (nSPS) is 9.67. The van der Waals surface area contributed by atoms with Crippen LogP contribution >= 0.6 is 27.5 Å². The molecule has 0 bridgehead atoms. The van der Waals surface area contributed by atoms with Gasteiger partial charge in [0.1, 0.15) is 0 Å². The van der Waals surface area contributed by atoms with Gasteiger partial charge in [0.15, 0.2) is 16.7 Å². The third kappa shape index (κ3) is 1.64. The average molecular weight is 252 g/mol. The summed E-state index contributed by atoms with van der Waals surface area (Å²) in [5, 5.41) is 0.289. The lowest BCUT2D eigenvalue weighted by molar-refractivity contribution is 0.351. The first kappa shape index (κ1) is 9.61. The monoisotopic (exact) mass is 251 g/mol. The zero-order chi connectivity index (χ0) is 9.14. The second-order valence-corrected chi connectivity index (χ2v) is 3.18. The summed E-state index contributed by atoms with van der Waals surface area (Å²) in [7, 11) is 3.05. The molecule has 0 unspecified atom stereocenters. The highest BCUT2D eigenvalue weighted by atomic mass is 79.9. The lowest BCUT2D eigenvalue weighted by Gasteiger charge is -2.09. The minimum atomic E-state index is 0.289. The number of aromatic nitrogens is 1. The fraction of sp³-hybridized carbons (Fsp3) is 0.286. The van der Waals surface area contributed by atoms with Crippen molar-refractivity contribution in [2.45, 2.75) is 0 Å². The Labute approximate surface area is 83.8 Å². The lowest BCUT2D eigenvalue weighted by Crippen LogP contribution is -1.93. The first-order valence-electron chi connectivity index (χ1n) is 3.12. The zero-order valence-corrected chi connectivity index (χ0v) is 8.94. The van der Waals surface area contributed by atoms with Gasteiger partial charge in [-0.15, -0.1) is 0 Å². The smallest absolute Gasteiger partial charge is 0.199 e. The number of rotatable bonds is 2. The molecule has 0 atom stereocenters. The number of hydrogen-bond donors (Lipinski definition) is 0. The van der Waals surface area contributed by atoms with Crippen LogP contribution in [0.3, 0.4) is 0 Å². The first-order valence-corrected chi connectivity index (χ1v) is 4.29. The molecule has 0 aromatic carbocycles. The van der Waals surface area contributed by atoms with Gasteiger partial charge in [-0.05, 0) is 15.9 Å². The van der Waals surface area contributed by atoms with Crippen molar-refractivity contribution in [1.82, 2.24) is 4.98 Å². The van der Waals surface area contributed by atoms with E-state index < -0.39 is 0 Å². The Morgan fingerprint density at radius 3 is 2.33 bits per heavy atom. The van der Waals surface area contributed by atoms with Crippen LogP contribution in [0.1, 0.15) is 0 Å². The standard InChI is InChI=1S/C7H7BrClNO2/c1-11-5-4(8)3-10-7(9)6(5)12-2/h3H,1-2H3. The summed E-state index contributed by atoms with van der Waals surface area (Å²) >= 11 is 9.00. The molecule has 0 amide bonds. The Hall–Kier alpha value is -0.480. The topological polar surface area (TPSA) is 31.4 Å². The predicted octanol–water partition coefficient (Wildman–Crippen LogP) is 2.51. The molecule has 0 fully saturated rings. The van der Waals surface area contributed by atoms with Crippen molar-refractivity contribution in [1.29, 1.82) is 0 Å². The third-order valence-corrected chi connectivity index (χ3v) is 2.14. The van der Waals surface area contributed by atoms with E-state index >= 15 is 0 Å². The fourth-order valence-corrected chi connectivity index (χ4v) is 1.46. The Morgan fingerprint density at radius 1 is 1.33 bits per heavy atom. The largest absolute Gasteiger partial charge is 0.492 e.